The van der Waals surface area contributed by atoms with E-state index < -0.39 is 0 Å². The highest BCUT2D eigenvalue weighted by Crippen LogP contribution is 2.37. The molecular formula is C21H26N4O. The van der Waals surface area contributed by atoms with Gasteiger partial charge in [-0.1, -0.05) is 6.07 Å². The third-order valence-electron chi connectivity index (χ3n) is 6.12. The molecule has 6 rings (SSSR count). The van der Waals surface area contributed by atoms with Crippen LogP contribution in [0.5, 0.6) is 0 Å². The lowest BCUT2D eigenvalue weighted by Crippen LogP contribution is -2.47. The number of carbonyl (C=O) groups is 1. The Morgan fingerprint density at radius 2 is 1.92 bits per heavy atom. The summed E-state index contributed by atoms with van der Waals surface area (Å²) < 4.78 is 2.20. The zero-order valence-electron chi connectivity index (χ0n) is 15.1. The van der Waals surface area contributed by atoms with Crippen molar-refractivity contribution in [1.29, 1.82) is 0 Å². The van der Waals surface area contributed by atoms with Crippen LogP contribution < -0.4 is 0 Å². The predicted molar refractivity (Wildman–Crippen MR) is 99.8 cm³/mol. The highest BCUT2D eigenvalue weighted by atomic mass is 16.2. The lowest BCUT2D eigenvalue weighted by molar-refractivity contribution is 0.0573. The monoisotopic (exact) mass is 350 g/mol. The first-order valence-electron chi connectivity index (χ1n) is 9.87. The van der Waals surface area contributed by atoms with E-state index in [9.17, 15) is 4.79 Å². The Hall–Kier alpha value is -2.14. The first-order chi connectivity index (χ1) is 12.8. The van der Waals surface area contributed by atoms with E-state index in [1.165, 1.54) is 24.8 Å². The molecular weight excluding hydrogens is 324 g/mol. The number of fused-ring (bicyclic) bond motifs is 4. The molecule has 5 nitrogen and oxygen atoms in total. The average molecular weight is 350 g/mol. The van der Waals surface area contributed by atoms with Gasteiger partial charge in [-0.3, -0.25) is 14.7 Å². The number of carbonyl (C=O) groups excluding carboxylic acids is 1. The van der Waals surface area contributed by atoms with Crippen molar-refractivity contribution in [1.82, 2.24) is 19.4 Å². The Kier molecular flexibility index (Phi) is 4.04. The molecule has 5 heterocycles. The smallest absolute Gasteiger partial charge is 0.270 e. The molecule has 3 saturated heterocycles. The third kappa shape index (κ3) is 3.05. The van der Waals surface area contributed by atoms with Crippen molar-refractivity contribution >= 4 is 5.91 Å². The second-order valence-corrected chi connectivity index (χ2v) is 8.14. The summed E-state index contributed by atoms with van der Waals surface area (Å²) in [6, 6.07) is 9.06. The summed E-state index contributed by atoms with van der Waals surface area (Å²) in [6.07, 6.45) is 10.6. The molecule has 1 aliphatic carbocycles. The molecule has 1 amide bonds. The van der Waals surface area contributed by atoms with Gasteiger partial charge in [0, 0.05) is 56.9 Å². The minimum Gasteiger partial charge on any atom is -0.340 e. The molecule has 3 aliphatic heterocycles. The van der Waals surface area contributed by atoms with Crippen LogP contribution in [0.25, 0.3) is 0 Å². The van der Waals surface area contributed by atoms with E-state index in [1.807, 2.05) is 30.6 Å². The van der Waals surface area contributed by atoms with E-state index in [2.05, 4.69) is 31.6 Å². The van der Waals surface area contributed by atoms with Gasteiger partial charge in [0.05, 0.1) is 0 Å². The zero-order valence-corrected chi connectivity index (χ0v) is 15.1. The minimum absolute atomic E-state index is 0.236. The summed E-state index contributed by atoms with van der Waals surface area (Å²) in [5, 5.41) is 0. The van der Waals surface area contributed by atoms with E-state index in [0.717, 1.165) is 38.3 Å². The number of rotatable bonds is 4. The van der Waals surface area contributed by atoms with Crippen molar-refractivity contribution in [3.63, 3.8) is 0 Å². The van der Waals surface area contributed by atoms with E-state index >= 15 is 0 Å². The third-order valence-corrected chi connectivity index (χ3v) is 6.12. The lowest BCUT2D eigenvalue weighted by atomic mass is 9.94. The Morgan fingerprint density at radius 1 is 1.04 bits per heavy atom. The van der Waals surface area contributed by atoms with E-state index in [-0.39, 0.29) is 5.91 Å². The summed E-state index contributed by atoms with van der Waals surface area (Å²) in [4.78, 5) is 22.2. The van der Waals surface area contributed by atoms with Gasteiger partial charge in [-0.05, 0) is 55.4 Å². The van der Waals surface area contributed by atoms with Crippen molar-refractivity contribution < 1.29 is 4.79 Å². The topological polar surface area (TPSA) is 41.4 Å². The molecule has 0 radical (unpaired) electrons. The number of nitrogens with zero attached hydrogens (tertiary/aromatic N) is 4. The van der Waals surface area contributed by atoms with Crippen LogP contribution >= 0.6 is 0 Å². The highest BCUT2D eigenvalue weighted by molar-refractivity contribution is 5.93. The van der Waals surface area contributed by atoms with Crippen molar-refractivity contribution in [2.24, 2.45) is 5.92 Å². The molecule has 0 unspecified atom stereocenters. The van der Waals surface area contributed by atoms with E-state index in [4.69, 9.17) is 0 Å². The first-order valence-corrected chi connectivity index (χ1v) is 9.87. The van der Waals surface area contributed by atoms with Crippen molar-refractivity contribution in [2.75, 3.05) is 19.6 Å². The van der Waals surface area contributed by atoms with Crippen LogP contribution in [0.2, 0.25) is 0 Å². The molecule has 5 heteroatoms. The van der Waals surface area contributed by atoms with Crippen molar-refractivity contribution in [3.05, 3.63) is 54.1 Å². The van der Waals surface area contributed by atoms with Gasteiger partial charge in [-0.15, -0.1) is 0 Å². The molecule has 2 bridgehead atoms. The van der Waals surface area contributed by atoms with Gasteiger partial charge >= 0.3 is 0 Å². The Balaban J connectivity index is 1.34. The fourth-order valence-corrected chi connectivity index (χ4v) is 4.70. The molecule has 2 aromatic heterocycles. The molecule has 0 aromatic carbocycles. The fourth-order valence-electron chi connectivity index (χ4n) is 4.70. The quantitative estimate of drug-likeness (QED) is 0.851. The number of hydrogen-bond acceptors (Lipinski definition) is 3. The number of aromatic nitrogens is 2. The first kappa shape index (κ1) is 16.1. The summed E-state index contributed by atoms with van der Waals surface area (Å²) in [6.45, 7) is 3.89. The molecule has 136 valence electrons. The van der Waals surface area contributed by atoms with Gasteiger partial charge in [0.15, 0.2) is 0 Å². The molecule has 26 heavy (non-hydrogen) atoms. The number of piperidine rings is 1. The average Bonchev–Trinajstić information content (AvgIpc) is 3.45. The summed E-state index contributed by atoms with van der Waals surface area (Å²) in [7, 11) is 0. The van der Waals surface area contributed by atoms with Crippen LogP contribution in [0.4, 0.5) is 0 Å². The molecule has 0 N–H and O–H groups in total. The molecule has 0 spiro atoms. The van der Waals surface area contributed by atoms with Gasteiger partial charge in [0.2, 0.25) is 0 Å². The van der Waals surface area contributed by atoms with Crippen molar-refractivity contribution in [2.45, 2.75) is 44.3 Å². The van der Waals surface area contributed by atoms with Crippen LogP contribution in [-0.4, -0.2) is 50.9 Å². The number of hydrogen-bond donors (Lipinski definition) is 0. The molecule has 2 aromatic rings. The normalized spacial score (nSPS) is 26.1. The van der Waals surface area contributed by atoms with Crippen LogP contribution in [0.3, 0.4) is 0 Å². The summed E-state index contributed by atoms with van der Waals surface area (Å²) >= 11 is 0. The Labute approximate surface area is 154 Å². The lowest BCUT2D eigenvalue weighted by Gasteiger charge is -2.36. The Morgan fingerprint density at radius 3 is 2.73 bits per heavy atom. The minimum atomic E-state index is 0.236. The van der Waals surface area contributed by atoms with Crippen LogP contribution in [0.1, 0.15) is 47.8 Å². The maximum absolute atomic E-state index is 13.3. The van der Waals surface area contributed by atoms with Crippen LogP contribution in [-0.2, 0) is 6.54 Å². The van der Waals surface area contributed by atoms with Gasteiger partial charge in [0.1, 0.15) is 5.69 Å². The number of amides is 1. The predicted octanol–water partition coefficient (Wildman–Crippen LogP) is 2.95. The molecule has 1 saturated carbocycles. The van der Waals surface area contributed by atoms with Gasteiger partial charge in [0.25, 0.3) is 5.91 Å². The van der Waals surface area contributed by atoms with Crippen LogP contribution in [0.15, 0.2) is 42.9 Å². The van der Waals surface area contributed by atoms with Crippen molar-refractivity contribution in [3.8, 4) is 0 Å². The second kappa shape index (κ2) is 6.54. The summed E-state index contributed by atoms with van der Waals surface area (Å²) in [5.41, 5.74) is 2.15. The highest BCUT2D eigenvalue weighted by Gasteiger charge is 2.38. The number of pyridine rings is 1. The van der Waals surface area contributed by atoms with E-state index in [0.29, 0.717) is 18.0 Å². The largest absolute Gasteiger partial charge is 0.340 e. The fraction of sp³-hybridized carbons (Fsp3) is 0.524. The molecule has 4 fully saturated rings. The van der Waals surface area contributed by atoms with Gasteiger partial charge in [-0.25, -0.2) is 0 Å². The second-order valence-electron chi connectivity index (χ2n) is 8.14. The maximum atomic E-state index is 13.3. The van der Waals surface area contributed by atoms with E-state index in [1.54, 1.807) is 0 Å². The van der Waals surface area contributed by atoms with Crippen LogP contribution in [0, 0.1) is 5.92 Å². The van der Waals surface area contributed by atoms with Gasteiger partial charge in [-0.2, -0.15) is 0 Å². The maximum Gasteiger partial charge on any atom is 0.270 e. The molecule has 2 atom stereocenters. The van der Waals surface area contributed by atoms with Gasteiger partial charge < -0.3 is 9.47 Å². The SMILES string of the molecule is O=C(c1cccn1C1CC1)N1C[C@H]2CC[C@@H]1CN(Cc1cccnc1)C2. The summed E-state index contributed by atoms with van der Waals surface area (Å²) in [5.74, 6) is 0.818. The standard InChI is InChI=1S/C21H26N4O/c26-21(20-4-2-10-24(20)18-7-8-18)25-14-17-5-6-19(25)15-23(13-17)12-16-3-1-9-22-11-16/h1-4,9-11,17-19H,5-8,12-15H2/t17-,19+/m0/s1. The Bertz CT molecular complexity index is 782. The molecule has 4 aliphatic rings. The zero-order chi connectivity index (χ0) is 17.5.